The van der Waals surface area contributed by atoms with Gasteiger partial charge in [0.15, 0.2) is 0 Å². The summed E-state index contributed by atoms with van der Waals surface area (Å²) < 4.78 is 38.1. The Morgan fingerprint density at radius 1 is 1.31 bits per heavy atom. The van der Waals surface area contributed by atoms with E-state index in [4.69, 9.17) is 11.6 Å². The van der Waals surface area contributed by atoms with Gasteiger partial charge in [-0.3, -0.25) is 15.0 Å². The molecule has 2 amide bonds. The van der Waals surface area contributed by atoms with Gasteiger partial charge in [-0.2, -0.15) is 18.2 Å². The van der Waals surface area contributed by atoms with E-state index < -0.39 is 34.8 Å². The van der Waals surface area contributed by atoms with Crippen LogP contribution in [0.2, 0.25) is 5.15 Å². The maximum absolute atomic E-state index is 12.7. The number of aliphatic hydroxyl groups is 1. The van der Waals surface area contributed by atoms with E-state index >= 15 is 0 Å². The number of aromatic nitrogens is 1. The maximum Gasteiger partial charge on any atom is 0.419 e. The fraction of sp³-hybridized carbons (Fsp3) is 0.438. The topological polar surface area (TPSA) is 82.5 Å². The highest BCUT2D eigenvalue weighted by molar-refractivity contribution is 6.30. The number of hydrazine groups is 1. The van der Waals surface area contributed by atoms with Gasteiger partial charge in [0.1, 0.15) is 11.0 Å². The molecule has 2 rings (SSSR count). The monoisotopic (exact) mass is 391 g/mol. The smallest absolute Gasteiger partial charge is 0.393 e. The average Bonchev–Trinajstić information content (AvgIpc) is 2.75. The number of hydrogen-bond donors (Lipinski definition) is 2. The molecule has 0 bridgehead atoms. The first kappa shape index (κ1) is 20.2. The Labute approximate surface area is 152 Å². The van der Waals surface area contributed by atoms with E-state index in [1.807, 2.05) is 0 Å². The molecule has 1 aromatic heterocycles. The number of amides is 2. The Hall–Kier alpha value is -2.13. The van der Waals surface area contributed by atoms with Crippen LogP contribution in [0.4, 0.5) is 19.0 Å². The van der Waals surface area contributed by atoms with Crippen LogP contribution in [0, 0.1) is 0 Å². The summed E-state index contributed by atoms with van der Waals surface area (Å²) in [5.41, 5.74) is 1.73. The molecule has 0 radical (unpaired) electrons. The molecule has 1 aliphatic rings. The Morgan fingerprint density at radius 3 is 2.50 bits per heavy atom. The normalized spacial score (nSPS) is 16.5. The lowest BCUT2D eigenvalue weighted by molar-refractivity contribution is -0.138. The predicted molar refractivity (Wildman–Crippen MR) is 88.0 cm³/mol. The summed E-state index contributed by atoms with van der Waals surface area (Å²) in [6, 6.07) is 1.69. The highest BCUT2D eigenvalue weighted by Gasteiger charge is 2.37. The maximum atomic E-state index is 12.7. The van der Waals surface area contributed by atoms with Gasteiger partial charge in [-0.1, -0.05) is 18.5 Å². The molecule has 26 heavy (non-hydrogen) atoms. The molecule has 1 aromatic rings. The van der Waals surface area contributed by atoms with Gasteiger partial charge in [0, 0.05) is 11.1 Å². The summed E-state index contributed by atoms with van der Waals surface area (Å²) in [5.74, 6) is -1.44. The molecule has 6 nitrogen and oxygen atoms in total. The fourth-order valence-electron chi connectivity index (χ4n) is 2.42. The van der Waals surface area contributed by atoms with Gasteiger partial charge in [-0.15, -0.1) is 0 Å². The number of halogens is 4. The molecule has 0 saturated carbocycles. The molecule has 0 spiro atoms. The van der Waals surface area contributed by atoms with Crippen LogP contribution in [0.1, 0.15) is 38.7 Å². The van der Waals surface area contributed by atoms with E-state index in [2.05, 4.69) is 10.4 Å². The van der Waals surface area contributed by atoms with E-state index in [9.17, 15) is 27.9 Å². The Morgan fingerprint density at radius 2 is 1.96 bits per heavy atom. The number of hydrogen-bond acceptors (Lipinski definition) is 5. The van der Waals surface area contributed by atoms with E-state index in [1.54, 1.807) is 6.92 Å². The van der Waals surface area contributed by atoms with Crippen molar-refractivity contribution in [2.75, 3.05) is 5.43 Å². The third-order valence-corrected chi connectivity index (χ3v) is 4.31. The number of anilines is 1. The van der Waals surface area contributed by atoms with Gasteiger partial charge in [0.05, 0.1) is 11.7 Å². The summed E-state index contributed by atoms with van der Waals surface area (Å²) in [6.07, 6.45) is -4.20. The average molecular weight is 392 g/mol. The van der Waals surface area contributed by atoms with Crippen molar-refractivity contribution < 1.29 is 27.9 Å². The number of nitrogens with zero attached hydrogens (tertiary/aromatic N) is 2. The van der Waals surface area contributed by atoms with Crippen molar-refractivity contribution >= 4 is 29.2 Å². The standard InChI is InChI=1S/C16H17ClF3N3O3/c1-3-9(24)4-5-10-8(2)14(25)23(15(10)26)22-12-7-6-11(13(17)21-12)16(18,19)20/h6-7,9,24H,3-5H2,1-2H3,(H,21,22). The molecule has 1 unspecified atom stereocenters. The quantitative estimate of drug-likeness (QED) is 0.574. The number of aliphatic hydroxyl groups excluding tert-OH is 1. The van der Waals surface area contributed by atoms with Gasteiger partial charge in [-0.05, 0) is 38.3 Å². The van der Waals surface area contributed by atoms with Crippen LogP contribution in [0.25, 0.3) is 0 Å². The molecule has 0 aliphatic carbocycles. The van der Waals surface area contributed by atoms with E-state index in [-0.39, 0.29) is 23.4 Å². The zero-order valence-electron chi connectivity index (χ0n) is 14.0. The zero-order valence-corrected chi connectivity index (χ0v) is 14.8. The van der Waals surface area contributed by atoms with Crippen molar-refractivity contribution in [3.8, 4) is 0 Å². The molecule has 2 heterocycles. The van der Waals surface area contributed by atoms with Crippen LogP contribution >= 0.6 is 11.6 Å². The number of nitrogens with one attached hydrogen (secondary N) is 1. The first-order valence-electron chi connectivity index (χ1n) is 7.83. The van der Waals surface area contributed by atoms with Crippen molar-refractivity contribution in [2.45, 2.75) is 45.4 Å². The SMILES string of the molecule is CCC(O)CCC1=C(C)C(=O)N(Nc2ccc(C(F)(F)F)c(Cl)n2)C1=O. The lowest BCUT2D eigenvalue weighted by atomic mass is 10.0. The first-order chi connectivity index (χ1) is 12.1. The van der Waals surface area contributed by atoms with Crippen LogP contribution in [-0.2, 0) is 15.8 Å². The molecule has 10 heteroatoms. The molecule has 0 aromatic carbocycles. The number of alkyl halides is 3. The zero-order chi connectivity index (χ0) is 19.6. The highest BCUT2D eigenvalue weighted by atomic mass is 35.5. The van der Waals surface area contributed by atoms with Gasteiger partial charge < -0.3 is 5.11 Å². The van der Waals surface area contributed by atoms with E-state index in [0.29, 0.717) is 23.9 Å². The van der Waals surface area contributed by atoms with Crippen LogP contribution in [0.5, 0.6) is 0 Å². The lowest BCUT2D eigenvalue weighted by Crippen LogP contribution is -2.37. The van der Waals surface area contributed by atoms with Crippen molar-refractivity contribution in [3.63, 3.8) is 0 Å². The number of carbonyl (C=O) groups is 2. The van der Waals surface area contributed by atoms with Gasteiger partial charge in [0.25, 0.3) is 11.8 Å². The molecule has 142 valence electrons. The molecule has 0 saturated heterocycles. The Kier molecular flexibility index (Phi) is 5.92. The summed E-state index contributed by atoms with van der Waals surface area (Å²) in [7, 11) is 0. The third kappa shape index (κ3) is 4.16. The summed E-state index contributed by atoms with van der Waals surface area (Å²) >= 11 is 5.53. The second kappa shape index (κ2) is 7.63. The van der Waals surface area contributed by atoms with Gasteiger partial charge >= 0.3 is 6.18 Å². The number of carbonyl (C=O) groups excluding carboxylic acids is 2. The van der Waals surface area contributed by atoms with E-state index in [1.165, 1.54) is 6.92 Å². The minimum absolute atomic E-state index is 0.174. The molecule has 2 N–H and O–H groups in total. The number of imide groups is 1. The molecular formula is C16H17ClF3N3O3. The Balaban J connectivity index is 2.15. The second-order valence-electron chi connectivity index (χ2n) is 5.79. The fourth-order valence-corrected chi connectivity index (χ4v) is 2.68. The van der Waals surface area contributed by atoms with Crippen LogP contribution in [-0.4, -0.2) is 33.0 Å². The first-order valence-corrected chi connectivity index (χ1v) is 8.21. The minimum atomic E-state index is -4.66. The molecule has 0 fully saturated rings. The van der Waals surface area contributed by atoms with Crippen molar-refractivity contribution in [2.24, 2.45) is 0 Å². The highest BCUT2D eigenvalue weighted by Crippen LogP contribution is 2.34. The van der Waals surface area contributed by atoms with Crippen molar-refractivity contribution in [1.29, 1.82) is 0 Å². The number of rotatable bonds is 6. The second-order valence-corrected chi connectivity index (χ2v) is 6.15. The third-order valence-electron chi connectivity index (χ3n) is 4.02. The molecule has 1 aliphatic heterocycles. The van der Waals surface area contributed by atoms with Gasteiger partial charge in [-0.25, -0.2) is 4.98 Å². The van der Waals surface area contributed by atoms with Crippen molar-refractivity contribution in [3.05, 3.63) is 34.0 Å². The number of pyridine rings is 1. The largest absolute Gasteiger partial charge is 0.419 e. The molecular weight excluding hydrogens is 375 g/mol. The predicted octanol–water partition coefficient (Wildman–Crippen LogP) is 3.32. The summed E-state index contributed by atoms with van der Waals surface area (Å²) in [4.78, 5) is 28.2. The summed E-state index contributed by atoms with van der Waals surface area (Å²) in [6.45, 7) is 3.27. The van der Waals surface area contributed by atoms with Crippen LogP contribution < -0.4 is 5.43 Å². The van der Waals surface area contributed by atoms with Crippen molar-refractivity contribution in [1.82, 2.24) is 9.99 Å². The van der Waals surface area contributed by atoms with Crippen LogP contribution in [0.15, 0.2) is 23.3 Å². The van der Waals surface area contributed by atoms with E-state index in [0.717, 1.165) is 6.07 Å². The van der Waals surface area contributed by atoms with Crippen LogP contribution in [0.3, 0.4) is 0 Å². The van der Waals surface area contributed by atoms with Gasteiger partial charge in [0.2, 0.25) is 0 Å². The lowest BCUT2D eigenvalue weighted by Gasteiger charge is -2.18. The Bertz CT molecular complexity index is 765. The minimum Gasteiger partial charge on any atom is -0.393 e. The summed E-state index contributed by atoms with van der Waals surface area (Å²) in [5, 5.41) is 9.50. The molecule has 1 atom stereocenters.